The molecule has 3 rings (SSSR count). The lowest BCUT2D eigenvalue weighted by Gasteiger charge is -2.18. The Hall–Kier alpha value is -2.56. The van der Waals surface area contributed by atoms with Crippen LogP contribution in [0.2, 0.25) is 0 Å². The highest BCUT2D eigenvalue weighted by Gasteiger charge is 2.13. The molecule has 0 amide bonds. The first-order valence-corrected chi connectivity index (χ1v) is 6.76. The Balaban J connectivity index is 1.80. The smallest absolute Gasteiger partial charge is 0.185 e. The molecule has 1 aromatic carbocycles. The minimum Gasteiger partial charge on any atom is -0.486 e. The maximum absolute atomic E-state index is 12.2. The van der Waals surface area contributed by atoms with Crippen LogP contribution in [0.3, 0.4) is 0 Å². The summed E-state index contributed by atoms with van der Waals surface area (Å²) in [6.07, 6.45) is 5.07. The number of hydrogen-bond acceptors (Lipinski definition) is 4. The highest BCUT2D eigenvalue weighted by molar-refractivity contribution is 6.07. The van der Waals surface area contributed by atoms with Crippen LogP contribution in [0, 0.1) is 6.92 Å². The van der Waals surface area contributed by atoms with Gasteiger partial charge in [-0.3, -0.25) is 9.48 Å². The molecule has 1 aliphatic heterocycles. The van der Waals surface area contributed by atoms with E-state index in [1.54, 1.807) is 41.2 Å². The number of carbonyl (C=O) groups excluding carboxylic acids is 1. The first-order valence-electron chi connectivity index (χ1n) is 6.76. The van der Waals surface area contributed by atoms with Crippen molar-refractivity contribution < 1.29 is 14.3 Å². The van der Waals surface area contributed by atoms with E-state index in [9.17, 15) is 4.79 Å². The fourth-order valence-electron chi connectivity index (χ4n) is 2.14. The zero-order valence-electron chi connectivity index (χ0n) is 12.0. The Morgan fingerprint density at radius 2 is 2.05 bits per heavy atom. The third-order valence-electron chi connectivity index (χ3n) is 3.51. The van der Waals surface area contributed by atoms with E-state index in [2.05, 4.69) is 5.10 Å². The molecular weight excluding hydrogens is 268 g/mol. The molecule has 0 N–H and O–H groups in total. The number of hydrogen-bond donors (Lipinski definition) is 0. The molecule has 5 heteroatoms. The Kier molecular flexibility index (Phi) is 3.48. The number of carbonyl (C=O) groups is 1. The van der Waals surface area contributed by atoms with Crippen LogP contribution in [0.1, 0.15) is 21.6 Å². The summed E-state index contributed by atoms with van der Waals surface area (Å²) in [5, 5.41) is 4.14. The van der Waals surface area contributed by atoms with Crippen LogP contribution in [0.5, 0.6) is 11.5 Å². The molecular formula is C16H16N2O3. The quantitative estimate of drug-likeness (QED) is 0.641. The first-order chi connectivity index (χ1) is 10.1. The van der Waals surface area contributed by atoms with E-state index >= 15 is 0 Å². The van der Waals surface area contributed by atoms with Crippen LogP contribution in [0.4, 0.5) is 0 Å². The number of ether oxygens (including phenoxy) is 2. The first kappa shape index (κ1) is 13.4. The zero-order valence-corrected chi connectivity index (χ0v) is 12.0. The predicted octanol–water partition coefficient (Wildman–Crippen LogP) is 2.40. The van der Waals surface area contributed by atoms with E-state index in [1.807, 2.05) is 14.0 Å². The maximum atomic E-state index is 12.2. The van der Waals surface area contributed by atoms with Gasteiger partial charge in [0.05, 0.1) is 6.20 Å². The minimum absolute atomic E-state index is 0.0739. The van der Waals surface area contributed by atoms with E-state index in [-0.39, 0.29) is 5.78 Å². The summed E-state index contributed by atoms with van der Waals surface area (Å²) in [4.78, 5) is 12.2. The molecule has 1 aliphatic rings. The Bertz CT molecular complexity index is 716. The van der Waals surface area contributed by atoms with Gasteiger partial charge in [0.15, 0.2) is 17.3 Å². The van der Waals surface area contributed by atoms with Gasteiger partial charge in [0.2, 0.25) is 0 Å². The Morgan fingerprint density at radius 3 is 2.76 bits per heavy atom. The number of aromatic nitrogens is 2. The average Bonchev–Trinajstić information content (AvgIpc) is 2.84. The molecule has 0 saturated carbocycles. The fourth-order valence-corrected chi connectivity index (χ4v) is 2.14. The normalized spacial score (nSPS) is 13.6. The van der Waals surface area contributed by atoms with Crippen molar-refractivity contribution >= 4 is 11.9 Å². The van der Waals surface area contributed by atoms with Crippen molar-refractivity contribution in [2.45, 2.75) is 6.92 Å². The molecule has 0 bridgehead atoms. The van der Waals surface area contributed by atoms with Crippen LogP contribution in [0.15, 0.2) is 30.5 Å². The van der Waals surface area contributed by atoms with Gasteiger partial charge in [-0.15, -0.1) is 0 Å². The molecule has 0 fully saturated rings. The standard InChI is InChI=1S/C16H16N2O3/c1-11-13(10-17-18(11)2)3-5-14(19)12-4-6-15-16(9-12)21-8-7-20-15/h3-6,9-10H,7-8H2,1-2H3. The molecule has 0 saturated heterocycles. The van der Waals surface area contributed by atoms with E-state index in [0.29, 0.717) is 30.3 Å². The van der Waals surface area contributed by atoms with Gasteiger partial charge in [-0.05, 0) is 37.3 Å². The average molecular weight is 284 g/mol. The summed E-state index contributed by atoms with van der Waals surface area (Å²) < 4.78 is 12.7. The van der Waals surface area contributed by atoms with Gasteiger partial charge in [0, 0.05) is 23.9 Å². The van der Waals surface area contributed by atoms with Crippen LogP contribution < -0.4 is 9.47 Å². The van der Waals surface area contributed by atoms with Crippen LogP contribution in [-0.2, 0) is 7.05 Å². The van der Waals surface area contributed by atoms with E-state index in [4.69, 9.17) is 9.47 Å². The Labute approximate surface area is 122 Å². The molecule has 0 unspecified atom stereocenters. The van der Waals surface area contributed by atoms with Gasteiger partial charge in [0.1, 0.15) is 13.2 Å². The van der Waals surface area contributed by atoms with Crippen LogP contribution in [-0.4, -0.2) is 28.8 Å². The van der Waals surface area contributed by atoms with Gasteiger partial charge < -0.3 is 9.47 Å². The Morgan fingerprint density at radius 1 is 1.29 bits per heavy atom. The summed E-state index contributed by atoms with van der Waals surface area (Å²) in [5.41, 5.74) is 2.53. The van der Waals surface area contributed by atoms with Crippen molar-refractivity contribution in [3.63, 3.8) is 0 Å². The van der Waals surface area contributed by atoms with Crippen molar-refractivity contribution in [1.82, 2.24) is 9.78 Å². The number of allylic oxidation sites excluding steroid dienone is 1. The third kappa shape index (κ3) is 2.67. The fraction of sp³-hybridized carbons (Fsp3) is 0.250. The predicted molar refractivity (Wildman–Crippen MR) is 78.7 cm³/mol. The van der Waals surface area contributed by atoms with E-state index in [1.165, 1.54) is 0 Å². The second kappa shape index (κ2) is 5.44. The second-order valence-corrected chi connectivity index (χ2v) is 4.86. The summed E-state index contributed by atoms with van der Waals surface area (Å²) in [6.45, 7) is 3.01. The molecule has 5 nitrogen and oxygen atoms in total. The van der Waals surface area contributed by atoms with Gasteiger partial charge >= 0.3 is 0 Å². The molecule has 0 radical (unpaired) electrons. The van der Waals surface area contributed by atoms with Crippen LogP contribution in [0.25, 0.3) is 6.08 Å². The maximum Gasteiger partial charge on any atom is 0.185 e. The van der Waals surface area contributed by atoms with Gasteiger partial charge in [-0.25, -0.2) is 0 Å². The molecule has 108 valence electrons. The number of rotatable bonds is 3. The van der Waals surface area contributed by atoms with Crippen LogP contribution >= 0.6 is 0 Å². The SMILES string of the molecule is Cc1c(C=CC(=O)c2ccc3c(c2)OCCO3)cnn1C. The third-order valence-corrected chi connectivity index (χ3v) is 3.51. The van der Waals surface area contributed by atoms with Gasteiger partial charge in [-0.1, -0.05) is 0 Å². The molecule has 2 aromatic rings. The summed E-state index contributed by atoms with van der Waals surface area (Å²) in [7, 11) is 1.87. The van der Waals surface area contributed by atoms with Gasteiger partial charge in [0.25, 0.3) is 0 Å². The summed E-state index contributed by atoms with van der Waals surface area (Å²) >= 11 is 0. The number of nitrogens with zero attached hydrogens (tertiary/aromatic N) is 2. The topological polar surface area (TPSA) is 53.4 Å². The number of aryl methyl sites for hydroxylation is 1. The number of ketones is 1. The second-order valence-electron chi connectivity index (χ2n) is 4.86. The lowest BCUT2D eigenvalue weighted by atomic mass is 10.1. The number of fused-ring (bicyclic) bond motifs is 1. The lowest BCUT2D eigenvalue weighted by molar-refractivity contribution is 0.104. The van der Waals surface area contributed by atoms with Crippen molar-refractivity contribution in [2.75, 3.05) is 13.2 Å². The van der Waals surface area contributed by atoms with E-state index in [0.717, 1.165) is 11.3 Å². The molecule has 2 heterocycles. The monoisotopic (exact) mass is 284 g/mol. The minimum atomic E-state index is -0.0739. The van der Waals surface area contributed by atoms with Crippen molar-refractivity contribution in [3.8, 4) is 11.5 Å². The summed E-state index contributed by atoms with van der Waals surface area (Å²) in [6, 6.07) is 5.23. The number of benzene rings is 1. The molecule has 0 aliphatic carbocycles. The van der Waals surface area contributed by atoms with Crippen molar-refractivity contribution in [3.05, 3.63) is 47.3 Å². The summed E-state index contributed by atoms with van der Waals surface area (Å²) in [5.74, 6) is 1.23. The highest BCUT2D eigenvalue weighted by Crippen LogP contribution is 2.30. The molecule has 0 atom stereocenters. The largest absolute Gasteiger partial charge is 0.486 e. The zero-order chi connectivity index (χ0) is 14.8. The molecule has 21 heavy (non-hydrogen) atoms. The molecule has 1 aromatic heterocycles. The molecule has 0 spiro atoms. The van der Waals surface area contributed by atoms with Gasteiger partial charge in [-0.2, -0.15) is 5.10 Å². The van der Waals surface area contributed by atoms with E-state index < -0.39 is 0 Å². The lowest BCUT2D eigenvalue weighted by Crippen LogP contribution is -2.15. The van der Waals surface area contributed by atoms with Crippen molar-refractivity contribution in [2.24, 2.45) is 7.05 Å². The van der Waals surface area contributed by atoms with Crippen molar-refractivity contribution in [1.29, 1.82) is 0 Å². The highest BCUT2D eigenvalue weighted by atomic mass is 16.6.